The monoisotopic (exact) mass is 413 g/mol. The summed E-state index contributed by atoms with van der Waals surface area (Å²) in [5.74, 6) is 1.81. The van der Waals surface area contributed by atoms with Gasteiger partial charge in [-0.05, 0) is 49.4 Å². The van der Waals surface area contributed by atoms with Crippen molar-refractivity contribution in [3.05, 3.63) is 78.0 Å². The van der Waals surface area contributed by atoms with E-state index in [-0.39, 0.29) is 19.2 Å². The van der Waals surface area contributed by atoms with E-state index in [1.807, 2.05) is 43.3 Å². The van der Waals surface area contributed by atoms with E-state index in [4.69, 9.17) is 14.5 Å². The van der Waals surface area contributed by atoms with E-state index in [1.54, 1.807) is 24.5 Å². The van der Waals surface area contributed by atoms with Gasteiger partial charge in [0.1, 0.15) is 5.82 Å². The van der Waals surface area contributed by atoms with E-state index < -0.39 is 0 Å². The van der Waals surface area contributed by atoms with Crippen molar-refractivity contribution in [2.24, 2.45) is 0 Å². The van der Waals surface area contributed by atoms with Crippen LogP contribution in [0.25, 0.3) is 22.6 Å². The van der Waals surface area contributed by atoms with Crippen molar-refractivity contribution >= 4 is 5.91 Å². The van der Waals surface area contributed by atoms with Crippen LogP contribution >= 0.6 is 0 Å². The number of carbonyl (C=O) groups is 1. The van der Waals surface area contributed by atoms with E-state index in [0.717, 1.165) is 28.3 Å². The second-order valence-corrected chi connectivity index (χ2v) is 7.06. The Kier molecular flexibility index (Phi) is 4.80. The highest BCUT2D eigenvalue weighted by molar-refractivity contribution is 5.93. The minimum Gasteiger partial charge on any atom is -0.454 e. The van der Waals surface area contributed by atoms with E-state index in [2.05, 4.69) is 20.3 Å². The number of amides is 1. The van der Waals surface area contributed by atoms with Crippen molar-refractivity contribution < 1.29 is 14.3 Å². The minimum absolute atomic E-state index is 0.196. The average molecular weight is 413 g/mol. The first kappa shape index (κ1) is 18.8. The molecule has 4 heterocycles. The molecule has 0 saturated carbocycles. The van der Waals surface area contributed by atoms with Crippen molar-refractivity contribution in [2.45, 2.75) is 13.5 Å². The second-order valence-electron chi connectivity index (χ2n) is 7.06. The largest absolute Gasteiger partial charge is 0.454 e. The Morgan fingerprint density at radius 1 is 1.06 bits per heavy atom. The van der Waals surface area contributed by atoms with E-state index in [9.17, 15) is 4.79 Å². The quantitative estimate of drug-likeness (QED) is 0.519. The average Bonchev–Trinajstić information content (AvgIpc) is 3.44. The predicted molar refractivity (Wildman–Crippen MR) is 114 cm³/mol. The molecule has 3 aromatic heterocycles. The van der Waals surface area contributed by atoms with Gasteiger partial charge < -0.3 is 19.8 Å². The Bertz CT molecular complexity index is 1250. The van der Waals surface area contributed by atoms with Crippen LogP contribution in [0, 0.1) is 6.92 Å². The van der Waals surface area contributed by atoms with Gasteiger partial charge in [0, 0.05) is 29.2 Å². The summed E-state index contributed by atoms with van der Waals surface area (Å²) in [4.78, 5) is 29.1. The molecule has 1 amide bonds. The van der Waals surface area contributed by atoms with Crippen molar-refractivity contribution in [1.82, 2.24) is 25.3 Å². The smallest absolute Gasteiger partial charge is 0.251 e. The fourth-order valence-corrected chi connectivity index (χ4v) is 3.40. The van der Waals surface area contributed by atoms with Gasteiger partial charge in [0.05, 0.1) is 23.6 Å². The summed E-state index contributed by atoms with van der Waals surface area (Å²) < 4.78 is 10.9. The summed E-state index contributed by atoms with van der Waals surface area (Å²) in [6, 6.07) is 14.8. The molecular formula is C23H19N5O3. The number of nitrogens with zero attached hydrogens (tertiary/aromatic N) is 3. The number of ether oxygens (including phenoxy) is 2. The van der Waals surface area contributed by atoms with Crippen molar-refractivity contribution in [3.8, 4) is 34.1 Å². The number of hydrogen-bond donors (Lipinski definition) is 2. The topological polar surface area (TPSA) is 102 Å². The minimum atomic E-state index is -0.196. The van der Waals surface area contributed by atoms with Crippen LogP contribution in [0.15, 0.2) is 60.9 Å². The first-order chi connectivity index (χ1) is 15.2. The highest BCUT2D eigenvalue weighted by Gasteiger charge is 2.20. The van der Waals surface area contributed by atoms with E-state index in [0.29, 0.717) is 22.9 Å². The predicted octanol–water partition coefficient (Wildman–Crippen LogP) is 3.50. The number of fused-ring (bicyclic) bond motifs is 1. The van der Waals surface area contributed by atoms with Gasteiger partial charge in [0.15, 0.2) is 11.5 Å². The summed E-state index contributed by atoms with van der Waals surface area (Å²) in [7, 11) is 0. The Balaban J connectivity index is 1.49. The lowest BCUT2D eigenvalue weighted by Crippen LogP contribution is -2.23. The van der Waals surface area contributed by atoms with E-state index in [1.165, 1.54) is 0 Å². The van der Waals surface area contributed by atoms with Crippen LogP contribution in [0.1, 0.15) is 21.9 Å². The number of H-pyrrole nitrogens is 1. The third kappa shape index (κ3) is 3.83. The molecule has 0 unspecified atom stereocenters. The molecule has 8 nitrogen and oxygen atoms in total. The third-order valence-corrected chi connectivity index (χ3v) is 4.90. The van der Waals surface area contributed by atoms with Gasteiger partial charge in [-0.1, -0.05) is 6.07 Å². The Hall–Kier alpha value is -4.20. The zero-order chi connectivity index (χ0) is 21.2. The van der Waals surface area contributed by atoms with Crippen LogP contribution < -0.4 is 14.8 Å². The molecule has 1 aliphatic rings. The zero-order valence-corrected chi connectivity index (χ0v) is 16.8. The molecule has 0 saturated heterocycles. The summed E-state index contributed by atoms with van der Waals surface area (Å²) in [5.41, 5.74) is 4.58. The lowest BCUT2D eigenvalue weighted by atomic mass is 10.1. The van der Waals surface area contributed by atoms with Crippen LogP contribution in [0.2, 0.25) is 0 Å². The SMILES string of the molecule is Cc1cccc(-c2[nH]c(CNC(=O)c3ccncc3)nc2-c2ccc3c(c2)OCO3)n1. The maximum absolute atomic E-state index is 12.4. The van der Waals surface area contributed by atoms with Gasteiger partial charge in [-0.25, -0.2) is 4.98 Å². The number of aromatic amines is 1. The molecule has 0 atom stereocenters. The van der Waals surface area contributed by atoms with E-state index >= 15 is 0 Å². The lowest BCUT2D eigenvalue weighted by Gasteiger charge is -2.04. The van der Waals surface area contributed by atoms with Gasteiger partial charge in [-0.3, -0.25) is 14.8 Å². The number of rotatable bonds is 5. The molecule has 5 rings (SSSR count). The second kappa shape index (κ2) is 7.91. The van der Waals surface area contributed by atoms with Crippen molar-refractivity contribution in [3.63, 3.8) is 0 Å². The Labute approximate surface area is 178 Å². The molecule has 154 valence electrons. The lowest BCUT2D eigenvalue weighted by molar-refractivity contribution is 0.0950. The molecule has 4 aromatic rings. The molecule has 2 N–H and O–H groups in total. The van der Waals surface area contributed by atoms with Crippen LogP contribution in [-0.4, -0.2) is 32.6 Å². The first-order valence-electron chi connectivity index (χ1n) is 9.78. The van der Waals surface area contributed by atoms with Gasteiger partial charge in [0.25, 0.3) is 5.91 Å². The molecule has 1 aromatic carbocycles. The third-order valence-electron chi connectivity index (χ3n) is 4.90. The van der Waals surface area contributed by atoms with Gasteiger partial charge in [-0.15, -0.1) is 0 Å². The summed E-state index contributed by atoms with van der Waals surface area (Å²) in [6.45, 7) is 2.39. The van der Waals surface area contributed by atoms with Crippen LogP contribution in [0.4, 0.5) is 0 Å². The summed E-state index contributed by atoms with van der Waals surface area (Å²) in [5, 5.41) is 2.89. The van der Waals surface area contributed by atoms with Crippen molar-refractivity contribution in [2.75, 3.05) is 6.79 Å². The normalized spacial score (nSPS) is 12.0. The van der Waals surface area contributed by atoms with Crippen LogP contribution in [0.3, 0.4) is 0 Å². The highest BCUT2D eigenvalue weighted by Crippen LogP contribution is 2.38. The van der Waals surface area contributed by atoms with Gasteiger partial charge >= 0.3 is 0 Å². The van der Waals surface area contributed by atoms with Crippen molar-refractivity contribution in [1.29, 1.82) is 0 Å². The molecule has 8 heteroatoms. The molecule has 0 aliphatic carbocycles. The molecule has 0 fully saturated rings. The summed E-state index contributed by atoms with van der Waals surface area (Å²) in [6.07, 6.45) is 3.17. The van der Waals surface area contributed by atoms with Gasteiger partial charge in [-0.2, -0.15) is 0 Å². The fourth-order valence-electron chi connectivity index (χ4n) is 3.40. The highest BCUT2D eigenvalue weighted by atomic mass is 16.7. The number of imidazole rings is 1. The number of aromatic nitrogens is 4. The van der Waals surface area contributed by atoms with Crippen LogP contribution in [0.5, 0.6) is 11.5 Å². The Morgan fingerprint density at radius 3 is 2.74 bits per heavy atom. The number of hydrogen-bond acceptors (Lipinski definition) is 6. The number of benzene rings is 1. The molecular weight excluding hydrogens is 394 g/mol. The van der Waals surface area contributed by atoms with Gasteiger partial charge in [0.2, 0.25) is 6.79 Å². The molecule has 0 bridgehead atoms. The maximum atomic E-state index is 12.4. The number of nitrogens with one attached hydrogen (secondary N) is 2. The summed E-state index contributed by atoms with van der Waals surface area (Å²) >= 11 is 0. The number of aryl methyl sites for hydroxylation is 1. The number of carbonyl (C=O) groups excluding carboxylic acids is 1. The standard InChI is InChI=1S/C23H19N5O3/c1-14-3-2-4-17(26-14)22-21(16-5-6-18-19(11-16)31-13-30-18)27-20(28-22)12-25-23(29)15-7-9-24-10-8-15/h2-11H,12-13H2,1H3,(H,25,29)(H,27,28). The zero-order valence-electron chi connectivity index (χ0n) is 16.8. The first-order valence-corrected chi connectivity index (χ1v) is 9.78. The maximum Gasteiger partial charge on any atom is 0.251 e. The Morgan fingerprint density at radius 2 is 1.90 bits per heavy atom. The molecule has 1 aliphatic heterocycles. The fraction of sp³-hybridized carbons (Fsp3) is 0.130. The molecule has 0 spiro atoms. The molecule has 31 heavy (non-hydrogen) atoms. The van der Waals surface area contributed by atoms with Crippen LogP contribution in [-0.2, 0) is 6.54 Å². The number of pyridine rings is 2. The molecule has 0 radical (unpaired) electrons.